The molecule has 0 aromatic rings. The number of carbonyl (C=O) groups excluding carboxylic acids is 1. The molecule has 78 valence electrons. The second-order valence-electron chi connectivity index (χ2n) is 5.01. The number of esters is 1. The van der Waals surface area contributed by atoms with Crippen molar-refractivity contribution in [1.29, 1.82) is 0 Å². The lowest BCUT2D eigenvalue weighted by molar-refractivity contribution is -0.149. The predicted molar refractivity (Wildman–Crippen MR) is 54.8 cm³/mol. The number of fused-ring (bicyclic) bond motifs is 1. The van der Waals surface area contributed by atoms with Crippen LogP contribution in [0.1, 0.15) is 39.5 Å². The first-order valence-electron chi connectivity index (χ1n) is 5.38. The van der Waals surface area contributed by atoms with Crippen molar-refractivity contribution in [2.75, 3.05) is 0 Å². The van der Waals surface area contributed by atoms with E-state index < -0.39 is 0 Å². The van der Waals surface area contributed by atoms with Crippen LogP contribution >= 0.6 is 0 Å². The van der Waals surface area contributed by atoms with Crippen LogP contribution in [-0.2, 0) is 9.53 Å². The quantitative estimate of drug-likeness (QED) is 0.474. The van der Waals surface area contributed by atoms with Crippen LogP contribution in [-0.4, -0.2) is 11.6 Å². The Bertz CT molecular complexity index is 282. The second-order valence-corrected chi connectivity index (χ2v) is 5.01. The van der Waals surface area contributed by atoms with Crippen molar-refractivity contribution < 1.29 is 9.53 Å². The molecule has 0 bridgehead atoms. The van der Waals surface area contributed by atoms with E-state index >= 15 is 0 Å². The molecule has 1 saturated heterocycles. The Balaban J connectivity index is 2.11. The Labute approximate surface area is 85.3 Å². The lowest BCUT2D eigenvalue weighted by atomic mass is 9.70. The molecule has 2 heteroatoms. The van der Waals surface area contributed by atoms with Gasteiger partial charge in [0.25, 0.3) is 0 Å². The molecule has 2 fully saturated rings. The van der Waals surface area contributed by atoms with Crippen LogP contribution in [0, 0.1) is 11.8 Å². The van der Waals surface area contributed by atoms with E-state index in [-0.39, 0.29) is 11.6 Å². The molecule has 14 heavy (non-hydrogen) atoms. The smallest absolute Gasteiger partial charge is 0.306 e. The molecular weight excluding hydrogens is 176 g/mol. The highest BCUT2D eigenvalue weighted by molar-refractivity contribution is 5.73. The number of rotatable bonds is 1. The number of carbonyl (C=O) groups is 1. The monoisotopic (exact) mass is 194 g/mol. The molecule has 2 nitrogen and oxygen atoms in total. The standard InChI is InChI=1S/C12H18O2/c1-8(2)9-4-5-12(3)10(6-9)7-11(13)14-12/h9-10H,1,4-7H2,2-3H3. The fraction of sp³-hybridized carbons (Fsp3) is 0.750. The molecule has 0 aromatic heterocycles. The van der Waals surface area contributed by atoms with Crippen molar-refractivity contribution in [1.82, 2.24) is 0 Å². The minimum Gasteiger partial charge on any atom is -0.459 e. The third-order valence-electron chi connectivity index (χ3n) is 3.88. The Morgan fingerprint density at radius 1 is 1.64 bits per heavy atom. The molecule has 2 rings (SSSR count). The molecule has 0 aromatic carbocycles. The first-order valence-corrected chi connectivity index (χ1v) is 5.38. The van der Waals surface area contributed by atoms with Crippen molar-refractivity contribution in [2.45, 2.75) is 45.1 Å². The zero-order valence-electron chi connectivity index (χ0n) is 9.01. The van der Waals surface area contributed by atoms with Gasteiger partial charge in [0.1, 0.15) is 5.60 Å². The lowest BCUT2D eigenvalue weighted by Crippen LogP contribution is -2.37. The number of hydrogen-bond acceptors (Lipinski definition) is 2. The zero-order chi connectivity index (χ0) is 10.3. The summed E-state index contributed by atoms with van der Waals surface area (Å²) in [4.78, 5) is 11.2. The van der Waals surface area contributed by atoms with Crippen molar-refractivity contribution in [3.63, 3.8) is 0 Å². The van der Waals surface area contributed by atoms with Crippen LogP contribution in [0.4, 0.5) is 0 Å². The summed E-state index contributed by atoms with van der Waals surface area (Å²) >= 11 is 0. The average molecular weight is 194 g/mol. The SMILES string of the molecule is C=C(C)C1CCC2(C)OC(=O)CC2C1. The van der Waals surface area contributed by atoms with Crippen LogP contribution in [0.2, 0.25) is 0 Å². The van der Waals surface area contributed by atoms with Gasteiger partial charge in [0, 0.05) is 5.92 Å². The van der Waals surface area contributed by atoms with Crippen LogP contribution in [0.25, 0.3) is 0 Å². The van der Waals surface area contributed by atoms with Crippen LogP contribution < -0.4 is 0 Å². The summed E-state index contributed by atoms with van der Waals surface area (Å²) in [7, 11) is 0. The minimum atomic E-state index is -0.164. The molecule has 1 heterocycles. The van der Waals surface area contributed by atoms with E-state index in [1.807, 2.05) is 0 Å². The summed E-state index contributed by atoms with van der Waals surface area (Å²) in [6.45, 7) is 8.18. The first kappa shape index (κ1) is 9.75. The Kier molecular flexibility index (Phi) is 2.17. The summed E-state index contributed by atoms with van der Waals surface area (Å²) in [6.07, 6.45) is 3.81. The van der Waals surface area contributed by atoms with Gasteiger partial charge in [0.15, 0.2) is 0 Å². The first-order chi connectivity index (χ1) is 6.51. The van der Waals surface area contributed by atoms with E-state index in [2.05, 4.69) is 20.4 Å². The molecule has 3 atom stereocenters. The van der Waals surface area contributed by atoms with Gasteiger partial charge in [-0.1, -0.05) is 12.2 Å². The van der Waals surface area contributed by atoms with Crippen LogP contribution in [0.5, 0.6) is 0 Å². The average Bonchev–Trinajstić information content (AvgIpc) is 2.37. The Morgan fingerprint density at radius 3 is 3.00 bits per heavy atom. The maximum absolute atomic E-state index is 11.2. The summed E-state index contributed by atoms with van der Waals surface area (Å²) in [5.41, 5.74) is 1.09. The van der Waals surface area contributed by atoms with E-state index in [0.29, 0.717) is 18.3 Å². The summed E-state index contributed by atoms with van der Waals surface area (Å²) in [6, 6.07) is 0. The van der Waals surface area contributed by atoms with E-state index in [1.165, 1.54) is 5.57 Å². The summed E-state index contributed by atoms with van der Waals surface area (Å²) in [5, 5.41) is 0. The molecule has 0 N–H and O–H groups in total. The van der Waals surface area contributed by atoms with Gasteiger partial charge in [-0.15, -0.1) is 0 Å². The number of allylic oxidation sites excluding steroid dienone is 1. The van der Waals surface area contributed by atoms with E-state index in [1.54, 1.807) is 0 Å². The highest BCUT2D eigenvalue weighted by Gasteiger charge is 2.48. The van der Waals surface area contributed by atoms with Gasteiger partial charge < -0.3 is 4.74 Å². The number of ether oxygens (including phenoxy) is 1. The molecule has 1 saturated carbocycles. The summed E-state index contributed by atoms with van der Waals surface area (Å²) in [5.74, 6) is 1.01. The van der Waals surface area contributed by atoms with Crippen molar-refractivity contribution in [3.8, 4) is 0 Å². The molecule has 2 aliphatic rings. The van der Waals surface area contributed by atoms with Gasteiger partial charge in [0.05, 0.1) is 6.42 Å². The van der Waals surface area contributed by atoms with Crippen molar-refractivity contribution in [3.05, 3.63) is 12.2 Å². The zero-order valence-corrected chi connectivity index (χ0v) is 9.01. The molecule has 0 radical (unpaired) electrons. The highest BCUT2D eigenvalue weighted by Crippen LogP contribution is 2.47. The van der Waals surface area contributed by atoms with Gasteiger partial charge in [0.2, 0.25) is 0 Å². The normalized spacial score (nSPS) is 41.7. The fourth-order valence-electron chi connectivity index (χ4n) is 2.76. The third-order valence-corrected chi connectivity index (χ3v) is 3.88. The summed E-state index contributed by atoms with van der Waals surface area (Å²) < 4.78 is 5.41. The largest absolute Gasteiger partial charge is 0.459 e. The predicted octanol–water partition coefficient (Wildman–Crippen LogP) is 2.68. The molecule has 3 unspecified atom stereocenters. The second kappa shape index (κ2) is 3.11. The topological polar surface area (TPSA) is 26.3 Å². The lowest BCUT2D eigenvalue weighted by Gasteiger charge is -2.38. The van der Waals surface area contributed by atoms with Gasteiger partial charge in [-0.2, -0.15) is 0 Å². The maximum atomic E-state index is 11.2. The number of hydrogen-bond donors (Lipinski definition) is 0. The van der Waals surface area contributed by atoms with E-state index in [9.17, 15) is 4.79 Å². The molecule has 1 aliphatic carbocycles. The van der Waals surface area contributed by atoms with E-state index in [4.69, 9.17) is 4.74 Å². The van der Waals surface area contributed by atoms with Crippen molar-refractivity contribution >= 4 is 5.97 Å². The van der Waals surface area contributed by atoms with Crippen LogP contribution in [0.3, 0.4) is 0 Å². The van der Waals surface area contributed by atoms with Gasteiger partial charge in [-0.25, -0.2) is 0 Å². The Morgan fingerprint density at radius 2 is 2.36 bits per heavy atom. The van der Waals surface area contributed by atoms with E-state index in [0.717, 1.165) is 19.3 Å². The fourth-order valence-corrected chi connectivity index (χ4v) is 2.76. The Hall–Kier alpha value is -0.790. The minimum absolute atomic E-state index is 0.0140. The maximum Gasteiger partial charge on any atom is 0.306 e. The molecular formula is C12H18O2. The van der Waals surface area contributed by atoms with Crippen LogP contribution in [0.15, 0.2) is 12.2 Å². The third kappa shape index (κ3) is 1.47. The van der Waals surface area contributed by atoms with Gasteiger partial charge in [-0.05, 0) is 39.0 Å². The molecule has 1 aliphatic heterocycles. The molecule has 0 amide bonds. The van der Waals surface area contributed by atoms with Crippen molar-refractivity contribution in [2.24, 2.45) is 11.8 Å². The highest BCUT2D eigenvalue weighted by atomic mass is 16.6. The van der Waals surface area contributed by atoms with Gasteiger partial charge in [-0.3, -0.25) is 4.79 Å². The molecule has 0 spiro atoms. The van der Waals surface area contributed by atoms with Gasteiger partial charge >= 0.3 is 5.97 Å².